The van der Waals surface area contributed by atoms with E-state index in [1.165, 1.54) is 32.3 Å². The molecular formula is C8H19Na2O7P2+3. The van der Waals surface area contributed by atoms with Crippen molar-refractivity contribution in [3.05, 3.63) is 6.61 Å². The van der Waals surface area contributed by atoms with Gasteiger partial charge in [0.2, 0.25) is 0 Å². The molecule has 0 heterocycles. The first-order valence-electron chi connectivity index (χ1n) is 4.89. The van der Waals surface area contributed by atoms with Gasteiger partial charge in [0.1, 0.15) is 0 Å². The molecule has 0 radical (unpaired) electrons. The average molecular weight is 335 g/mol. The average Bonchev–Trinajstić information content (AvgIpc) is 2.50. The molecule has 7 nitrogen and oxygen atoms in total. The Balaban J connectivity index is -0.0000000975. The van der Waals surface area contributed by atoms with Crippen molar-refractivity contribution in [3.8, 4) is 0 Å². The van der Waals surface area contributed by atoms with Crippen molar-refractivity contribution in [1.29, 1.82) is 0 Å². The normalized spacial score (nSPS) is 14.4. The Morgan fingerprint density at radius 2 is 1.26 bits per heavy atom. The zero-order valence-corrected chi connectivity index (χ0v) is 17.3. The fourth-order valence-electron chi connectivity index (χ4n) is 1.65. The Hall–Kier alpha value is 2.00. The Morgan fingerprint density at radius 1 is 1.00 bits per heavy atom. The molecule has 0 saturated heterocycles. The van der Waals surface area contributed by atoms with Gasteiger partial charge in [-0.1, -0.05) is 38.0 Å². The summed E-state index contributed by atoms with van der Waals surface area (Å²) in [5.41, 5.74) is 0.439. The molecule has 0 spiro atoms. The summed E-state index contributed by atoms with van der Waals surface area (Å²) in [5, 5.41) is 8.57. The minimum absolute atomic E-state index is 0. The van der Waals surface area contributed by atoms with E-state index in [0.717, 1.165) is 6.42 Å². The van der Waals surface area contributed by atoms with Gasteiger partial charge in [-0.3, -0.25) is 0 Å². The van der Waals surface area contributed by atoms with E-state index in [1.807, 2.05) is 0 Å². The molecule has 1 aliphatic rings. The van der Waals surface area contributed by atoms with Crippen LogP contribution in [0.5, 0.6) is 0 Å². The molecule has 1 fully saturated rings. The summed E-state index contributed by atoms with van der Waals surface area (Å²) in [6, 6.07) is 0. The van der Waals surface area contributed by atoms with E-state index >= 15 is 0 Å². The van der Waals surface area contributed by atoms with Crippen molar-refractivity contribution in [2.75, 3.05) is 0 Å². The van der Waals surface area contributed by atoms with Gasteiger partial charge in [-0.05, 0) is 0 Å². The van der Waals surface area contributed by atoms with Crippen LogP contribution in [0.3, 0.4) is 0 Å². The minimum atomic E-state index is -2.87. The summed E-state index contributed by atoms with van der Waals surface area (Å²) in [7, 11) is -5.74. The van der Waals surface area contributed by atoms with Gasteiger partial charge in [-0.15, -0.1) is 19.6 Å². The van der Waals surface area contributed by atoms with Crippen LogP contribution in [0.25, 0.3) is 0 Å². The summed E-state index contributed by atoms with van der Waals surface area (Å²) >= 11 is 0. The molecule has 19 heavy (non-hydrogen) atoms. The van der Waals surface area contributed by atoms with Crippen molar-refractivity contribution >= 4 is 16.5 Å². The second kappa shape index (κ2) is 18.1. The molecule has 0 aliphatic heterocycles. The summed E-state index contributed by atoms with van der Waals surface area (Å²) in [4.78, 5) is 28.5. The molecule has 0 aromatic rings. The third kappa shape index (κ3) is 28.8. The van der Waals surface area contributed by atoms with Crippen molar-refractivity contribution in [2.45, 2.75) is 39.0 Å². The van der Waals surface area contributed by atoms with Gasteiger partial charge in [0.05, 0.1) is 0 Å². The maximum absolute atomic E-state index is 8.70. The maximum atomic E-state index is 8.70. The smallest absolute Gasteiger partial charge is 0.566 e. The first kappa shape index (κ1) is 29.1. The Kier molecular flexibility index (Phi) is 27.6. The van der Waals surface area contributed by atoms with E-state index in [4.69, 9.17) is 33.8 Å². The molecule has 1 aliphatic carbocycles. The second-order valence-corrected chi connectivity index (χ2v) is 4.92. The van der Waals surface area contributed by atoms with E-state index in [1.54, 1.807) is 0 Å². The van der Waals surface area contributed by atoms with E-state index in [0.29, 0.717) is 5.41 Å². The summed E-state index contributed by atoms with van der Waals surface area (Å²) in [5.74, 6) is 0. The number of hydrogen-bond donors (Lipinski definition) is 5. The second-order valence-electron chi connectivity index (χ2n) is 3.91. The molecule has 0 unspecified atom stereocenters. The number of aliphatic hydroxyl groups is 1. The van der Waals surface area contributed by atoms with Crippen LogP contribution in [-0.4, -0.2) is 24.7 Å². The predicted octanol–water partition coefficient (Wildman–Crippen LogP) is -4.24. The monoisotopic (exact) mass is 335 g/mol. The molecular weight excluding hydrogens is 316 g/mol. The van der Waals surface area contributed by atoms with Gasteiger partial charge >= 0.3 is 75.6 Å². The maximum Gasteiger partial charge on any atom is 1.00 e. The third-order valence-electron chi connectivity index (χ3n) is 2.39. The summed E-state index contributed by atoms with van der Waals surface area (Å²) < 4.78 is 17.4. The van der Waals surface area contributed by atoms with Gasteiger partial charge in [-0.25, -0.2) is 6.61 Å². The van der Waals surface area contributed by atoms with E-state index in [-0.39, 0.29) is 59.1 Å². The number of rotatable bonds is 2. The number of aliphatic hydroxyl groups excluding tert-OH is 1. The van der Waals surface area contributed by atoms with Crippen LogP contribution in [-0.2, 0) is 9.13 Å². The van der Waals surface area contributed by atoms with E-state index in [9.17, 15) is 0 Å². The fourth-order valence-corrected chi connectivity index (χ4v) is 1.65. The zero-order valence-electron chi connectivity index (χ0n) is 11.6. The van der Waals surface area contributed by atoms with Crippen LogP contribution in [0.1, 0.15) is 39.0 Å². The molecule has 1 saturated carbocycles. The van der Waals surface area contributed by atoms with Gasteiger partial charge in [0, 0.05) is 9.13 Å². The summed E-state index contributed by atoms with van der Waals surface area (Å²) in [6.07, 6.45) is 6.18. The van der Waals surface area contributed by atoms with Gasteiger partial charge in [0.25, 0.3) is 0 Å². The van der Waals surface area contributed by atoms with E-state index in [2.05, 4.69) is 6.92 Å². The van der Waals surface area contributed by atoms with Crippen molar-refractivity contribution in [2.24, 2.45) is 5.41 Å². The van der Waals surface area contributed by atoms with Crippen LogP contribution in [0, 0.1) is 12.0 Å². The SMILES string of the molecule is CC1(C[CH-]O)CCCC1.O=[P+](O)O.O=[P+](O)O.[Na+].[Na+]. The summed E-state index contributed by atoms with van der Waals surface area (Å²) in [6.45, 7) is 3.57. The van der Waals surface area contributed by atoms with Crippen molar-refractivity contribution in [3.63, 3.8) is 0 Å². The van der Waals surface area contributed by atoms with Crippen LogP contribution in [0.15, 0.2) is 0 Å². The first-order valence-corrected chi connectivity index (χ1v) is 7.22. The molecule has 0 bridgehead atoms. The minimum Gasteiger partial charge on any atom is -0.566 e. The van der Waals surface area contributed by atoms with Crippen LogP contribution in [0.4, 0.5) is 0 Å². The Morgan fingerprint density at radius 3 is 1.47 bits per heavy atom. The first-order chi connectivity index (χ1) is 7.73. The quantitative estimate of drug-likeness (QED) is 0.196. The zero-order chi connectivity index (χ0) is 13.9. The standard InChI is InChI=1S/C8H15O.2Na.2HO3P/c1-8(6-7-9)4-2-3-5-8;;;2*1-4(2)3/h7,9H,2-6H2,1H3;;;2*(H-,1,2,3)/q-1;2*+1;;/p+2. The van der Waals surface area contributed by atoms with Gasteiger partial charge in [-0.2, -0.15) is 6.42 Å². The van der Waals surface area contributed by atoms with Gasteiger partial charge < -0.3 is 5.11 Å². The molecule has 0 aromatic carbocycles. The molecule has 0 aromatic heterocycles. The Labute approximate surface area is 159 Å². The topological polar surface area (TPSA) is 135 Å². The molecule has 102 valence electrons. The van der Waals surface area contributed by atoms with E-state index < -0.39 is 16.5 Å². The predicted molar refractivity (Wildman–Crippen MR) is 61.5 cm³/mol. The van der Waals surface area contributed by atoms with Crippen molar-refractivity contribution in [1.82, 2.24) is 0 Å². The number of hydrogen-bond acceptors (Lipinski definition) is 3. The van der Waals surface area contributed by atoms with Gasteiger partial charge in [0.15, 0.2) is 0 Å². The van der Waals surface area contributed by atoms with Crippen LogP contribution >= 0.6 is 16.5 Å². The Bertz CT molecular complexity index is 217. The molecule has 0 atom stereocenters. The van der Waals surface area contributed by atoms with Crippen LogP contribution in [0.2, 0.25) is 0 Å². The fraction of sp³-hybridized carbons (Fsp3) is 0.875. The molecule has 1 rings (SSSR count). The molecule has 0 amide bonds. The molecule has 11 heteroatoms. The third-order valence-corrected chi connectivity index (χ3v) is 2.39. The van der Waals surface area contributed by atoms with Crippen molar-refractivity contribution < 1.29 is 92.9 Å². The largest absolute Gasteiger partial charge is 1.00 e. The molecule has 5 N–H and O–H groups in total. The van der Waals surface area contributed by atoms with Crippen LogP contribution < -0.4 is 59.1 Å².